The third-order valence-corrected chi connectivity index (χ3v) is 2.73. The molecule has 0 atom stereocenters. The molecule has 1 aromatic heterocycles. The molecule has 2 nitrogen and oxygen atoms in total. The molecule has 0 unspecified atom stereocenters. The van der Waals surface area contributed by atoms with Gasteiger partial charge < -0.3 is 0 Å². The van der Waals surface area contributed by atoms with Crippen LogP contribution in [0.2, 0.25) is 0 Å². The molecule has 0 bridgehead atoms. The van der Waals surface area contributed by atoms with Gasteiger partial charge in [0.1, 0.15) is 15.0 Å². The summed E-state index contributed by atoms with van der Waals surface area (Å²) < 4.78 is 1.60. The fourth-order valence-corrected chi connectivity index (χ4v) is 2.44. The van der Waals surface area contributed by atoms with Crippen LogP contribution < -0.4 is 0 Å². The summed E-state index contributed by atoms with van der Waals surface area (Å²) in [6.45, 7) is 0. The minimum absolute atomic E-state index is 0.749. The van der Waals surface area contributed by atoms with Crippen molar-refractivity contribution >= 4 is 31.9 Å². The molecule has 2 rings (SSSR count). The number of rotatable bonds is 2. The average molecular weight is 328 g/mol. The maximum atomic E-state index is 4.30. The van der Waals surface area contributed by atoms with Gasteiger partial charge in [0.15, 0.2) is 0 Å². The molecule has 0 aliphatic heterocycles. The van der Waals surface area contributed by atoms with Crippen molar-refractivity contribution in [1.29, 1.82) is 0 Å². The van der Waals surface area contributed by atoms with E-state index in [1.807, 2.05) is 24.3 Å². The average Bonchev–Trinajstić information content (AvgIpc) is 2.17. The molecule has 76 valence electrons. The van der Waals surface area contributed by atoms with Crippen LogP contribution in [0.15, 0.2) is 45.6 Å². The van der Waals surface area contributed by atoms with Crippen molar-refractivity contribution in [2.45, 2.75) is 6.42 Å². The molecular formula is C11H8Br2N2. The molecule has 0 spiro atoms. The Morgan fingerprint density at radius 1 is 0.933 bits per heavy atom. The van der Waals surface area contributed by atoms with Crippen LogP contribution in [-0.4, -0.2) is 9.97 Å². The first-order valence-corrected chi connectivity index (χ1v) is 6.05. The molecule has 15 heavy (non-hydrogen) atoms. The van der Waals surface area contributed by atoms with Gasteiger partial charge in [-0.15, -0.1) is 0 Å². The molecule has 1 heterocycles. The Kier molecular flexibility index (Phi) is 3.49. The van der Waals surface area contributed by atoms with Gasteiger partial charge in [0.05, 0.1) is 0 Å². The van der Waals surface area contributed by atoms with E-state index in [1.165, 1.54) is 5.56 Å². The normalized spacial score (nSPS) is 10.3. The van der Waals surface area contributed by atoms with Gasteiger partial charge in [-0.1, -0.05) is 30.3 Å². The number of aromatic nitrogens is 2. The maximum Gasteiger partial charge on any atom is 0.135 e. The maximum absolute atomic E-state index is 4.30. The number of benzene rings is 1. The second-order valence-electron chi connectivity index (χ2n) is 3.09. The molecule has 0 saturated carbocycles. The van der Waals surface area contributed by atoms with Crippen molar-refractivity contribution in [2.24, 2.45) is 0 Å². The molecule has 0 aliphatic carbocycles. The van der Waals surface area contributed by atoms with Crippen LogP contribution in [0, 0.1) is 0 Å². The van der Waals surface area contributed by atoms with Crippen molar-refractivity contribution in [3.05, 3.63) is 57.0 Å². The van der Waals surface area contributed by atoms with Crippen LogP contribution in [0.1, 0.15) is 11.4 Å². The predicted molar refractivity (Wildman–Crippen MR) is 66.7 cm³/mol. The summed E-state index contributed by atoms with van der Waals surface area (Å²) in [5.74, 6) is 0.808. The molecule has 0 amide bonds. The Morgan fingerprint density at radius 2 is 1.53 bits per heavy atom. The Morgan fingerprint density at radius 3 is 2.13 bits per heavy atom. The van der Waals surface area contributed by atoms with Crippen LogP contribution in [0.4, 0.5) is 0 Å². The lowest BCUT2D eigenvalue weighted by Crippen LogP contribution is -1.97. The smallest absolute Gasteiger partial charge is 0.135 e. The largest absolute Gasteiger partial charge is 0.226 e. The van der Waals surface area contributed by atoms with Gasteiger partial charge >= 0.3 is 0 Å². The minimum Gasteiger partial charge on any atom is -0.226 e. The van der Waals surface area contributed by atoms with E-state index in [9.17, 15) is 0 Å². The fraction of sp³-hybridized carbons (Fsp3) is 0.0909. The van der Waals surface area contributed by atoms with Crippen LogP contribution >= 0.6 is 31.9 Å². The van der Waals surface area contributed by atoms with Crippen LogP contribution in [0.5, 0.6) is 0 Å². The minimum atomic E-state index is 0.749. The van der Waals surface area contributed by atoms with E-state index in [1.54, 1.807) is 0 Å². The monoisotopic (exact) mass is 326 g/mol. The topological polar surface area (TPSA) is 25.8 Å². The molecule has 0 N–H and O–H groups in total. The van der Waals surface area contributed by atoms with Gasteiger partial charge in [-0.3, -0.25) is 0 Å². The standard InChI is InChI=1S/C11H8Br2N2/c12-9-7-10(13)15-11(14-9)6-8-4-2-1-3-5-8/h1-5,7H,6H2. The van der Waals surface area contributed by atoms with Gasteiger partial charge in [0.2, 0.25) is 0 Å². The van der Waals surface area contributed by atoms with E-state index >= 15 is 0 Å². The highest BCUT2D eigenvalue weighted by Crippen LogP contribution is 2.15. The second kappa shape index (κ2) is 4.86. The van der Waals surface area contributed by atoms with Crippen LogP contribution in [-0.2, 0) is 6.42 Å². The zero-order valence-corrected chi connectivity index (χ0v) is 11.0. The molecule has 2 aromatic rings. The highest BCUT2D eigenvalue weighted by atomic mass is 79.9. The SMILES string of the molecule is Brc1cc(Br)nc(Cc2ccccc2)n1. The van der Waals surface area contributed by atoms with Gasteiger partial charge in [-0.25, -0.2) is 9.97 Å². The first-order chi connectivity index (χ1) is 7.24. The Balaban J connectivity index is 2.25. The summed E-state index contributed by atoms with van der Waals surface area (Å²) in [6.07, 6.45) is 0.749. The number of hydrogen-bond donors (Lipinski definition) is 0. The second-order valence-corrected chi connectivity index (χ2v) is 4.72. The highest BCUT2D eigenvalue weighted by molar-refractivity contribution is 9.11. The van der Waals surface area contributed by atoms with E-state index in [-0.39, 0.29) is 0 Å². The van der Waals surface area contributed by atoms with E-state index in [2.05, 4.69) is 54.0 Å². The fourth-order valence-electron chi connectivity index (χ4n) is 1.29. The number of hydrogen-bond acceptors (Lipinski definition) is 2. The molecule has 0 aliphatic rings. The van der Waals surface area contributed by atoms with Crippen LogP contribution in [0.3, 0.4) is 0 Å². The zero-order chi connectivity index (χ0) is 10.7. The molecule has 0 fully saturated rings. The van der Waals surface area contributed by atoms with Crippen molar-refractivity contribution < 1.29 is 0 Å². The van der Waals surface area contributed by atoms with E-state index in [0.717, 1.165) is 21.5 Å². The number of nitrogens with zero attached hydrogens (tertiary/aromatic N) is 2. The lowest BCUT2D eigenvalue weighted by Gasteiger charge is -2.01. The van der Waals surface area contributed by atoms with Gasteiger partial charge in [-0.2, -0.15) is 0 Å². The summed E-state index contributed by atoms with van der Waals surface area (Å²) in [7, 11) is 0. The van der Waals surface area contributed by atoms with E-state index in [0.29, 0.717) is 0 Å². The molecule has 1 aromatic carbocycles. The van der Waals surface area contributed by atoms with Crippen LogP contribution in [0.25, 0.3) is 0 Å². The quantitative estimate of drug-likeness (QED) is 0.788. The number of halogens is 2. The van der Waals surface area contributed by atoms with Gasteiger partial charge in [-0.05, 0) is 37.4 Å². The van der Waals surface area contributed by atoms with Crippen molar-refractivity contribution in [2.75, 3.05) is 0 Å². The Hall–Kier alpha value is -0.740. The van der Waals surface area contributed by atoms with E-state index < -0.39 is 0 Å². The first-order valence-electron chi connectivity index (χ1n) is 4.47. The first kappa shape index (κ1) is 10.8. The zero-order valence-electron chi connectivity index (χ0n) is 7.82. The Labute approximate surface area is 105 Å². The third kappa shape index (κ3) is 3.11. The molecule has 4 heteroatoms. The highest BCUT2D eigenvalue weighted by Gasteiger charge is 2.02. The summed E-state index contributed by atoms with van der Waals surface area (Å²) in [4.78, 5) is 8.61. The summed E-state index contributed by atoms with van der Waals surface area (Å²) in [6, 6.07) is 12.0. The lowest BCUT2D eigenvalue weighted by atomic mass is 10.1. The Bertz CT molecular complexity index is 437. The third-order valence-electron chi connectivity index (χ3n) is 1.91. The van der Waals surface area contributed by atoms with Crippen molar-refractivity contribution in [1.82, 2.24) is 9.97 Å². The van der Waals surface area contributed by atoms with E-state index in [4.69, 9.17) is 0 Å². The molecular weight excluding hydrogens is 320 g/mol. The van der Waals surface area contributed by atoms with Gasteiger partial charge in [0, 0.05) is 12.5 Å². The predicted octanol–water partition coefficient (Wildman–Crippen LogP) is 3.59. The van der Waals surface area contributed by atoms with Gasteiger partial charge in [0.25, 0.3) is 0 Å². The lowest BCUT2D eigenvalue weighted by molar-refractivity contribution is 0.941. The summed E-state index contributed by atoms with van der Waals surface area (Å²) in [5, 5.41) is 0. The molecule has 0 saturated heterocycles. The van der Waals surface area contributed by atoms with Crippen molar-refractivity contribution in [3.8, 4) is 0 Å². The molecule has 0 radical (unpaired) electrons. The van der Waals surface area contributed by atoms with Crippen molar-refractivity contribution in [3.63, 3.8) is 0 Å². The summed E-state index contributed by atoms with van der Waals surface area (Å²) >= 11 is 6.69. The summed E-state index contributed by atoms with van der Waals surface area (Å²) in [5.41, 5.74) is 1.21.